The summed E-state index contributed by atoms with van der Waals surface area (Å²) >= 11 is 0. The van der Waals surface area contributed by atoms with Gasteiger partial charge in [0.2, 0.25) is 0 Å². The molecule has 1 atom stereocenters. The van der Waals surface area contributed by atoms with Crippen LogP contribution in [0.25, 0.3) is 0 Å². The second-order valence-electron chi connectivity index (χ2n) is 3.66. The van der Waals surface area contributed by atoms with Crippen LogP contribution in [0.5, 0.6) is 0 Å². The molecule has 1 aromatic heterocycles. The van der Waals surface area contributed by atoms with Crippen LogP contribution in [0.3, 0.4) is 0 Å². The molecule has 5 nitrogen and oxygen atoms in total. The summed E-state index contributed by atoms with van der Waals surface area (Å²) in [6.45, 7) is 1.43. The number of rotatable bonds is 2. The number of carbonyl (C=O) groups is 1. The molecule has 1 fully saturated rings. The number of pyridine rings is 1. The van der Waals surface area contributed by atoms with E-state index in [1.807, 2.05) is 0 Å². The molecule has 1 saturated heterocycles. The molecule has 1 amide bonds. The van der Waals surface area contributed by atoms with E-state index in [9.17, 15) is 4.79 Å². The number of nitrogens with zero attached hydrogens (tertiary/aromatic N) is 2. The highest BCUT2D eigenvalue weighted by atomic mass is 16.5. The monoisotopic (exact) mass is 222 g/mol. The summed E-state index contributed by atoms with van der Waals surface area (Å²) in [5, 5.41) is 8.99. The number of aromatic nitrogens is 1. The summed E-state index contributed by atoms with van der Waals surface area (Å²) in [6.07, 6.45) is 2.92. The number of morpholine rings is 1. The Morgan fingerprint density at radius 1 is 1.56 bits per heavy atom. The van der Waals surface area contributed by atoms with Crippen LogP contribution in [0.2, 0.25) is 0 Å². The average molecular weight is 222 g/mol. The molecule has 1 N–H and O–H groups in total. The van der Waals surface area contributed by atoms with Crippen LogP contribution in [-0.2, 0) is 4.74 Å². The molecule has 16 heavy (non-hydrogen) atoms. The third kappa shape index (κ3) is 2.37. The van der Waals surface area contributed by atoms with Crippen molar-refractivity contribution in [3.8, 4) is 0 Å². The van der Waals surface area contributed by atoms with Gasteiger partial charge in [-0.2, -0.15) is 0 Å². The summed E-state index contributed by atoms with van der Waals surface area (Å²) in [5.41, 5.74) is 0.619. The van der Waals surface area contributed by atoms with E-state index in [4.69, 9.17) is 9.84 Å². The van der Waals surface area contributed by atoms with Crippen LogP contribution >= 0.6 is 0 Å². The van der Waals surface area contributed by atoms with E-state index >= 15 is 0 Å². The minimum Gasteiger partial charge on any atom is -0.394 e. The van der Waals surface area contributed by atoms with Gasteiger partial charge in [-0.3, -0.25) is 9.78 Å². The van der Waals surface area contributed by atoms with E-state index in [1.165, 1.54) is 0 Å². The largest absolute Gasteiger partial charge is 0.394 e. The zero-order valence-corrected chi connectivity index (χ0v) is 8.87. The van der Waals surface area contributed by atoms with Gasteiger partial charge >= 0.3 is 0 Å². The summed E-state index contributed by atoms with van der Waals surface area (Å²) in [7, 11) is 0. The first-order valence-electron chi connectivity index (χ1n) is 5.23. The first-order chi connectivity index (χ1) is 7.81. The highest BCUT2D eigenvalue weighted by Crippen LogP contribution is 2.09. The molecule has 86 valence electrons. The van der Waals surface area contributed by atoms with Gasteiger partial charge in [-0.25, -0.2) is 0 Å². The zero-order valence-electron chi connectivity index (χ0n) is 8.87. The van der Waals surface area contributed by atoms with Gasteiger partial charge in [-0.05, 0) is 12.1 Å². The fraction of sp³-hybridized carbons (Fsp3) is 0.455. The highest BCUT2D eigenvalue weighted by molar-refractivity contribution is 5.94. The Labute approximate surface area is 93.7 Å². The minimum atomic E-state index is -0.264. The lowest BCUT2D eigenvalue weighted by atomic mass is 10.2. The molecule has 0 bridgehead atoms. The van der Waals surface area contributed by atoms with Crippen LogP contribution in [0.4, 0.5) is 0 Å². The van der Waals surface area contributed by atoms with Crippen LogP contribution in [0.15, 0.2) is 24.5 Å². The molecule has 0 radical (unpaired) electrons. The first-order valence-corrected chi connectivity index (χ1v) is 5.23. The molecule has 0 saturated carbocycles. The maximum Gasteiger partial charge on any atom is 0.254 e. The van der Waals surface area contributed by atoms with Crippen molar-refractivity contribution in [3.63, 3.8) is 0 Å². The van der Waals surface area contributed by atoms with E-state index in [-0.39, 0.29) is 18.6 Å². The Hall–Kier alpha value is -1.46. The maximum atomic E-state index is 12.0. The van der Waals surface area contributed by atoms with E-state index in [2.05, 4.69) is 4.98 Å². The molecular formula is C11H14N2O3. The molecule has 1 aliphatic heterocycles. The van der Waals surface area contributed by atoms with Crippen molar-refractivity contribution in [2.75, 3.05) is 26.3 Å². The molecule has 1 aromatic rings. The van der Waals surface area contributed by atoms with Crippen molar-refractivity contribution in [3.05, 3.63) is 30.1 Å². The van der Waals surface area contributed by atoms with Crippen molar-refractivity contribution >= 4 is 5.91 Å². The minimum absolute atomic E-state index is 0.0378. The molecule has 0 spiro atoms. The number of amides is 1. The van der Waals surface area contributed by atoms with Gasteiger partial charge in [0.15, 0.2) is 0 Å². The lowest BCUT2D eigenvalue weighted by Crippen LogP contribution is -2.46. The van der Waals surface area contributed by atoms with Gasteiger partial charge in [0.05, 0.1) is 19.3 Å². The van der Waals surface area contributed by atoms with Crippen molar-refractivity contribution in [1.82, 2.24) is 9.88 Å². The number of aliphatic hydroxyl groups is 1. The number of hydrogen-bond acceptors (Lipinski definition) is 4. The SMILES string of the molecule is O=C(c1ccncc1)N1CCOC(CO)C1. The molecule has 2 rings (SSSR count). The van der Waals surface area contributed by atoms with E-state index in [1.54, 1.807) is 29.4 Å². The van der Waals surface area contributed by atoms with E-state index < -0.39 is 0 Å². The molecule has 0 aromatic carbocycles. The van der Waals surface area contributed by atoms with Crippen LogP contribution < -0.4 is 0 Å². The Morgan fingerprint density at radius 2 is 2.31 bits per heavy atom. The second kappa shape index (κ2) is 5.05. The van der Waals surface area contributed by atoms with Gasteiger partial charge in [0.1, 0.15) is 0 Å². The molecule has 5 heteroatoms. The second-order valence-corrected chi connectivity index (χ2v) is 3.66. The summed E-state index contributed by atoms with van der Waals surface area (Å²) < 4.78 is 5.29. The number of ether oxygens (including phenoxy) is 1. The molecular weight excluding hydrogens is 208 g/mol. The lowest BCUT2D eigenvalue weighted by Gasteiger charge is -2.32. The lowest BCUT2D eigenvalue weighted by molar-refractivity contribution is -0.0447. The zero-order chi connectivity index (χ0) is 11.4. The summed E-state index contributed by atoms with van der Waals surface area (Å²) in [5.74, 6) is -0.0378. The van der Waals surface area contributed by atoms with Crippen LogP contribution in [0.1, 0.15) is 10.4 Å². The Kier molecular flexibility index (Phi) is 3.48. The van der Waals surface area contributed by atoms with Crippen molar-refractivity contribution in [1.29, 1.82) is 0 Å². The fourth-order valence-electron chi connectivity index (χ4n) is 1.69. The quantitative estimate of drug-likeness (QED) is 0.760. The normalized spacial score (nSPS) is 20.8. The highest BCUT2D eigenvalue weighted by Gasteiger charge is 2.24. The van der Waals surface area contributed by atoms with Gasteiger partial charge in [-0.1, -0.05) is 0 Å². The Morgan fingerprint density at radius 3 is 3.00 bits per heavy atom. The van der Waals surface area contributed by atoms with E-state index in [0.29, 0.717) is 25.3 Å². The Balaban J connectivity index is 2.05. The van der Waals surface area contributed by atoms with Crippen molar-refractivity contribution < 1.29 is 14.6 Å². The molecule has 1 aliphatic rings. The average Bonchev–Trinajstić information content (AvgIpc) is 2.39. The van der Waals surface area contributed by atoms with E-state index in [0.717, 1.165) is 0 Å². The first kappa shape index (κ1) is 11.0. The van der Waals surface area contributed by atoms with Gasteiger partial charge in [0, 0.05) is 31.0 Å². The third-order valence-electron chi connectivity index (χ3n) is 2.56. The predicted octanol–water partition coefficient (Wildman–Crippen LogP) is -0.0851. The number of hydrogen-bond donors (Lipinski definition) is 1. The number of aliphatic hydroxyl groups excluding tert-OH is 1. The van der Waals surface area contributed by atoms with Gasteiger partial charge < -0.3 is 14.7 Å². The van der Waals surface area contributed by atoms with Crippen LogP contribution in [0, 0.1) is 0 Å². The van der Waals surface area contributed by atoms with Crippen LogP contribution in [-0.4, -0.2) is 53.3 Å². The topological polar surface area (TPSA) is 62.7 Å². The molecule has 2 heterocycles. The summed E-state index contributed by atoms with van der Waals surface area (Å²) in [6, 6.07) is 3.37. The predicted molar refractivity (Wildman–Crippen MR) is 57.0 cm³/mol. The van der Waals surface area contributed by atoms with Gasteiger partial charge in [-0.15, -0.1) is 0 Å². The van der Waals surface area contributed by atoms with Crippen molar-refractivity contribution in [2.45, 2.75) is 6.10 Å². The smallest absolute Gasteiger partial charge is 0.254 e. The third-order valence-corrected chi connectivity index (χ3v) is 2.56. The standard InChI is InChI=1S/C11H14N2O3/c14-8-10-7-13(5-6-16-10)11(15)9-1-3-12-4-2-9/h1-4,10,14H,5-8H2. The molecule has 0 aliphatic carbocycles. The summed E-state index contributed by atoms with van der Waals surface area (Å²) in [4.78, 5) is 17.6. The number of carbonyl (C=O) groups excluding carboxylic acids is 1. The van der Waals surface area contributed by atoms with Gasteiger partial charge in [0.25, 0.3) is 5.91 Å². The molecule has 1 unspecified atom stereocenters. The maximum absolute atomic E-state index is 12.0. The van der Waals surface area contributed by atoms with Crippen molar-refractivity contribution in [2.24, 2.45) is 0 Å². The fourth-order valence-corrected chi connectivity index (χ4v) is 1.69. The Bertz CT molecular complexity index is 356.